The Bertz CT molecular complexity index is 1190. The van der Waals surface area contributed by atoms with Crippen LogP contribution in [0.2, 0.25) is 0 Å². The fourth-order valence-electron chi connectivity index (χ4n) is 3.74. The van der Waals surface area contributed by atoms with Crippen LogP contribution in [-0.4, -0.2) is 20.8 Å². The van der Waals surface area contributed by atoms with E-state index in [0.717, 1.165) is 28.5 Å². The highest BCUT2D eigenvalue weighted by molar-refractivity contribution is 7.78. The van der Waals surface area contributed by atoms with Crippen LogP contribution in [0, 0.1) is 0 Å². The summed E-state index contributed by atoms with van der Waals surface area (Å²) < 4.78 is 26.5. The Labute approximate surface area is 182 Å². The topological polar surface area (TPSA) is 80.7 Å². The summed E-state index contributed by atoms with van der Waals surface area (Å²) in [5, 5.41) is 0. The number of ketones is 1. The van der Waals surface area contributed by atoms with Gasteiger partial charge in [0, 0.05) is 22.3 Å². The molecule has 0 fully saturated rings. The van der Waals surface area contributed by atoms with E-state index in [1.807, 2.05) is 48.5 Å². The minimum atomic E-state index is -1.92. The number of ether oxygens (including phenoxy) is 1. The van der Waals surface area contributed by atoms with Gasteiger partial charge < -0.3 is 14.1 Å². The zero-order chi connectivity index (χ0) is 22.0. The third kappa shape index (κ3) is 4.26. The monoisotopic (exact) mass is 432 g/mol. The average molecular weight is 432 g/mol. The van der Waals surface area contributed by atoms with Crippen LogP contribution in [0.5, 0.6) is 5.75 Å². The molecule has 0 saturated heterocycles. The number of Topliss-reactive ketones (excluding diaryl/α,β-unsaturated/α-hetero) is 1. The molecule has 0 aliphatic carbocycles. The summed E-state index contributed by atoms with van der Waals surface area (Å²) in [6, 6.07) is 21.7. The fraction of sp³-hybridized carbons (Fsp3) is 0.120. The number of rotatable bonds is 6. The van der Waals surface area contributed by atoms with Crippen LogP contribution in [0.25, 0.3) is 11.3 Å². The zero-order valence-electron chi connectivity index (χ0n) is 16.8. The van der Waals surface area contributed by atoms with Crippen molar-refractivity contribution in [3.8, 4) is 5.75 Å². The van der Waals surface area contributed by atoms with Crippen molar-refractivity contribution < 1.29 is 23.1 Å². The van der Waals surface area contributed by atoms with Crippen LogP contribution in [0.1, 0.15) is 45.5 Å². The zero-order valence-corrected chi connectivity index (χ0v) is 17.6. The molecule has 4 rings (SSSR count). The Balaban J connectivity index is 1.88. The van der Waals surface area contributed by atoms with Crippen molar-refractivity contribution in [2.45, 2.75) is 18.6 Å². The van der Waals surface area contributed by atoms with Crippen LogP contribution in [-0.2, 0) is 21.6 Å². The fourth-order valence-corrected chi connectivity index (χ4v) is 4.22. The quantitative estimate of drug-likeness (QED) is 0.342. The Hall–Kier alpha value is -3.35. The van der Waals surface area contributed by atoms with E-state index in [1.165, 1.54) is 6.92 Å². The number of hydrogen-bond acceptors (Lipinski definition) is 4. The SMILES string of the molecule is CC(=O)c1ccc(C2=C(c3ccc(CS(=O)O)cc3)Oc3ccccc3C2C=O)cc1. The molecule has 6 heteroatoms. The van der Waals surface area contributed by atoms with Gasteiger partial charge in [-0.15, -0.1) is 0 Å². The second-order valence-electron chi connectivity index (χ2n) is 7.29. The van der Waals surface area contributed by atoms with Gasteiger partial charge in [-0.05, 0) is 24.1 Å². The van der Waals surface area contributed by atoms with Gasteiger partial charge in [0.05, 0.1) is 11.7 Å². The van der Waals surface area contributed by atoms with Crippen molar-refractivity contribution in [1.82, 2.24) is 0 Å². The summed E-state index contributed by atoms with van der Waals surface area (Å²) in [4.78, 5) is 23.9. The summed E-state index contributed by atoms with van der Waals surface area (Å²) in [5.41, 5.74) is 4.33. The molecule has 31 heavy (non-hydrogen) atoms. The molecule has 1 aliphatic heterocycles. The Morgan fingerprint density at radius 3 is 2.26 bits per heavy atom. The number of aldehydes is 1. The molecule has 5 nitrogen and oxygen atoms in total. The van der Waals surface area contributed by atoms with Gasteiger partial charge in [-0.25, -0.2) is 4.21 Å². The number of carbonyl (C=O) groups is 2. The van der Waals surface area contributed by atoms with Gasteiger partial charge in [0.1, 0.15) is 17.8 Å². The maximum Gasteiger partial charge on any atom is 0.159 e. The van der Waals surface area contributed by atoms with Crippen LogP contribution < -0.4 is 4.74 Å². The predicted octanol–water partition coefficient (Wildman–Crippen LogP) is 4.85. The normalized spacial score (nSPS) is 16.3. The summed E-state index contributed by atoms with van der Waals surface area (Å²) in [7, 11) is 0. The summed E-state index contributed by atoms with van der Waals surface area (Å²) in [5.74, 6) is 0.629. The molecule has 0 spiro atoms. The molecule has 3 aromatic rings. The lowest BCUT2D eigenvalue weighted by Gasteiger charge is -2.28. The molecular weight excluding hydrogens is 412 g/mol. The van der Waals surface area contributed by atoms with Crippen molar-refractivity contribution in [2.24, 2.45) is 0 Å². The number of para-hydroxylation sites is 1. The molecule has 1 N–H and O–H groups in total. The van der Waals surface area contributed by atoms with E-state index in [9.17, 15) is 13.8 Å². The average Bonchev–Trinajstić information content (AvgIpc) is 2.78. The minimum Gasteiger partial charge on any atom is -0.456 e. The van der Waals surface area contributed by atoms with Crippen LogP contribution >= 0.6 is 0 Å². The van der Waals surface area contributed by atoms with Crippen molar-refractivity contribution in [3.63, 3.8) is 0 Å². The van der Waals surface area contributed by atoms with E-state index in [-0.39, 0.29) is 11.5 Å². The van der Waals surface area contributed by atoms with Crippen LogP contribution in [0.15, 0.2) is 72.8 Å². The van der Waals surface area contributed by atoms with Crippen molar-refractivity contribution in [3.05, 3.63) is 101 Å². The highest BCUT2D eigenvalue weighted by Gasteiger charge is 2.31. The lowest BCUT2D eigenvalue weighted by Crippen LogP contribution is -2.16. The number of carbonyl (C=O) groups excluding carboxylic acids is 2. The number of hydrogen-bond donors (Lipinski definition) is 1. The molecule has 2 unspecified atom stereocenters. The summed E-state index contributed by atoms with van der Waals surface area (Å²) in [6.45, 7) is 1.51. The van der Waals surface area contributed by atoms with E-state index >= 15 is 0 Å². The van der Waals surface area contributed by atoms with Gasteiger partial charge in [0.15, 0.2) is 16.9 Å². The van der Waals surface area contributed by atoms with Gasteiger partial charge >= 0.3 is 0 Å². The molecule has 1 aliphatic rings. The first-order valence-corrected chi connectivity index (χ1v) is 11.0. The smallest absolute Gasteiger partial charge is 0.159 e. The molecule has 1 heterocycles. The highest BCUT2D eigenvalue weighted by Crippen LogP contribution is 2.45. The molecule has 0 bridgehead atoms. The lowest BCUT2D eigenvalue weighted by atomic mass is 9.83. The second-order valence-corrected chi connectivity index (χ2v) is 8.22. The standard InChI is InChI=1S/C25H20O5S/c1-16(27)18-10-12-19(13-11-18)24-22(14-26)21-4-2-3-5-23(21)30-25(24)20-8-6-17(7-9-20)15-31(28)29/h2-14,22H,15H2,1H3,(H,28,29). The first-order valence-electron chi connectivity index (χ1n) is 9.72. The lowest BCUT2D eigenvalue weighted by molar-refractivity contribution is -0.108. The molecular formula is C25H20O5S. The summed E-state index contributed by atoms with van der Waals surface area (Å²) in [6.07, 6.45) is 0.902. The largest absolute Gasteiger partial charge is 0.456 e. The molecule has 156 valence electrons. The maximum atomic E-state index is 12.2. The Morgan fingerprint density at radius 2 is 1.65 bits per heavy atom. The maximum absolute atomic E-state index is 12.2. The van der Waals surface area contributed by atoms with Crippen molar-refractivity contribution >= 4 is 34.5 Å². The predicted molar refractivity (Wildman–Crippen MR) is 120 cm³/mol. The van der Waals surface area contributed by atoms with Gasteiger partial charge in [-0.3, -0.25) is 4.79 Å². The van der Waals surface area contributed by atoms with Crippen molar-refractivity contribution in [1.29, 1.82) is 0 Å². The van der Waals surface area contributed by atoms with Crippen molar-refractivity contribution in [2.75, 3.05) is 0 Å². The first-order chi connectivity index (χ1) is 15.0. The van der Waals surface area contributed by atoms with E-state index in [4.69, 9.17) is 9.29 Å². The Morgan fingerprint density at radius 1 is 1.00 bits per heavy atom. The van der Waals surface area contributed by atoms with E-state index in [1.54, 1.807) is 24.3 Å². The number of fused-ring (bicyclic) bond motifs is 1. The van der Waals surface area contributed by atoms with E-state index in [0.29, 0.717) is 22.6 Å². The third-order valence-corrected chi connectivity index (χ3v) is 5.85. The van der Waals surface area contributed by atoms with E-state index < -0.39 is 17.0 Å². The highest BCUT2D eigenvalue weighted by atomic mass is 32.2. The number of allylic oxidation sites excluding steroid dienone is 1. The first kappa shape index (κ1) is 20.9. The molecule has 0 amide bonds. The van der Waals surface area contributed by atoms with Crippen LogP contribution in [0.4, 0.5) is 0 Å². The molecule has 0 radical (unpaired) electrons. The molecule has 3 aromatic carbocycles. The van der Waals surface area contributed by atoms with Gasteiger partial charge in [0.25, 0.3) is 0 Å². The van der Waals surface area contributed by atoms with Crippen LogP contribution in [0.3, 0.4) is 0 Å². The van der Waals surface area contributed by atoms with E-state index in [2.05, 4.69) is 0 Å². The second kappa shape index (κ2) is 8.79. The van der Waals surface area contributed by atoms with Gasteiger partial charge in [-0.2, -0.15) is 0 Å². The molecule has 0 saturated carbocycles. The Kier molecular flexibility index (Phi) is 5.93. The molecule has 0 aromatic heterocycles. The molecule has 2 atom stereocenters. The van der Waals surface area contributed by atoms with Gasteiger partial charge in [-0.1, -0.05) is 66.7 Å². The summed E-state index contributed by atoms with van der Waals surface area (Å²) >= 11 is -1.92. The number of benzene rings is 3. The third-order valence-electron chi connectivity index (χ3n) is 5.27. The minimum absolute atomic E-state index is 0.0326. The van der Waals surface area contributed by atoms with Gasteiger partial charge in [0.2, 0.25) is 0 Å².